The van der Waals surface area contributed by atoms with Crippen LogP contribution in [0.5, 0.6) is 0 Å². The van der Waals surface area contributed by atoms with Crippen LogP contribution in [0.4, 0.5) is 0 Å². The van der Waals surface area contributed by atoms with Gasteiger partial charge in [0.1, 0.15) is 6.26 Å². The fourth-order valence-electron chi connectivity index (χ4n) is 2.63. The van der Waals surface area contributed by atoms with E-state index in [2.05, 4.69) is 4.98 Å². The minimum Gasteiger partial charge on any atom is -0.481 e. The van der Waals surface area contributed by atoms with Gasteiger partial charge in [-0.2, -0.15) is 0 Å². The van der Waals surface area contributed by atoms with E-state index in [0.717, 1.165) is 5.56 Å². The topological polar surface area (TPSA) is 92.9 Å². The maximum atomic E-state index is 12.4. The molecule has 1 aliphatic rings. The molecule has 7 heteroatoms. The average Bonchev–Trinajstić information content (AvgIpc) is 3.04. The average molecular weight is 330 g/mol. The van der Waals surface area contributed by atoms with E-state index in [4.69, 9.17) is 14.3 Å². The predicted octanol–water partition coefficient (Wildman–Crippen LogP) is 1.59. The maximum Gasteiger partial charge on any atom is 0.306 e. The van der Waals surface area contributed by atoms with Crippen molar-refractivity contribution in [2.45, 2.75) is 18.9 Å². The SMILES string of the molecule is O=C(O)C[C@@H]1CN(C(=O)Cc2coc(-c3ccccc3)n2)CCO1. The molecule has 0 spiro atoms. The van der Waals surface area contributed by atoms with Crippen LogP contribution in [0.25, 0.3) is 11.5 Å². The van der Waals surface area contributed by atoms with Crippen LogP contribution in [0.1, 0.15) is 12.1 Å². The van der Waals surface area contributed by atoms with Crippen molar-refractivity contribution in [3.05, 3.63) is 42.3 Å². The fourth-order valence-corrected chi connectivity index (χ4v) is 2.63. The number of rotatable bonds is 5. The van der Waals surface area contributed by atoms with E-state index >= 15 is 0 Å². The number of ether oxygens (including phenoxy) is 1. The molecule has 1 N–H and O–H groups in total. The summed E-state index contributed by atoms with van der Waals surface area (Å²) in [6, 6.07) is 9.45. The smallest absolute Gasteiger partial charge is 0.306 e. The molecular formula is C17H18N2O5. The Morgan fingerprint density at radius 3 is 2.83 bits per heavy atom. The van der Waals surface area contributed by atoms with Crippen molar-refractivity contribution in [3.63, 3.8) is 0 Å². The summed E-state index contributed by atoms with van der Waals surface area (Å²) in [7, 11) is 0. The Morgan fingerprint density at radius 1 is 1.29 bits per heavy atom. The molecule has 7 nitrogen and oxygen atoms in total. The number of amides is 1. The van der Waals surface area contributed by atoms with Crippen molar-refractivity contribution in [1.29, 1.82) is 0 Å². The molecule has 1 aromatic heterocycles. The van der Waals surface area contributed by atoms with Gasteiger partial charge >= 0.3 is 5.97 Å². The van der Waals surface area contributed by atoms with Crippen LogP contribution >= 0.6 is 0 Å². The second-order valence-electron chi connectivity index (χ2n) is 5.62. The van der Waals surface area contributed by atoms with Crippen LogP contribution in [0.3, 0.4) is 0 Å². The molecule has 24 heavy (non-hydrogen) atoms. The minimum atomic E-state index is -0.932. The van der Waals surface area contributed by atoms with Crippen LogP contribution in [0, 0.1) is 0 Å². The molecule has 2 heterocycles. The molecule has 3 rings (SSSR count). The second kappa shape index (κ2) is 7.27. The molecule has 0 saturated carbocycles. The third-order valence-corrected chi connectivity index (χ3v) is 3.80. The van der Waals surface area contributed by atoms with Crippen molar-refractivity contribution < 1.29 is 23.8 Å². The highest BCUT2D eigenvalue weighted by Gasteiger charge is 2.26. The summed E-state index contributed by atoms with van der Waals surface area (Å²) in [4.78, 5) is 29.1. The highest BCUT2D eigenvalue weighted by Crippen LogP contribution is 2.19. The maximum absolute atomic E-state index is 12.4. The first kappa shape index (κ1) is 16.2. The number of nitrogens with zero attached hydrogens (tertiary/aromatic N) is 2. The van der Waals surface area contributed by atoms with Crippen LogP contribution < -0.4 is 0 Å². The van der Waals surface area contributed by atoms with E-state index < -0.39 is 12.1 Å². The molecule has 0 unspecified atom stereocenters. The predicted molar refractivity (Wildman–Crippen MR) is 84.2 cm³/mol. The molecule has 1 aliphatic heterocycles. The summed E-state index contributed by atoms with van der Waals surface area (Å²) in [5, 5.41) is 8.83. The van der Waals surface area contributed by atoms with Gasteiger partial charge in [0.15, 0.2) is 0 Å². The Kier molecular flexibility index (Phi) is 4.90. The van der Waals surface area contributed by atoms with Gasteiger partial charge in [0.2, 0.25) is 11.8 Å². The van der Waals surface area contributed by atoms with Crippen molar-refractivity contribution in [2.24, 2.45) is 0 Å². The van der Waals surface area contributed by atoms with Gasteiger partial charge in [0.05, 0.1) is 31.2 Å². The summed E-state index contributed by atoms with van der Waals surface area (Å²) in [5.41, 5.74) is 1.41. The normalized spacial score (nSPS) is 17.7. The van der Waals surface area contributed by atoms with E-state index in [0.29, 0.717) is 24.7 Å². The van der Waals surface area contributed by atoms with Gasteiger partial charge in [-0.3, -0.25) is 9.59 Å². The van der Waals surface area contributed by atoms with Crippen molar-refractivity contribution in [3.8, 4) is 11.5 Å². The lowest BCUT2D eigenvalue weighted by molar-refractivity contribution is -0.147. The zero-order chi connectivity index (χ0) is 16.9. The van der Waals surface area contributed by atoms with Crippen molar-refractivity contribution in [2.75, 3.05) is 19.7 Å². The second-order valence-corrected chi connectivity index (χ2v) is 5.62. The Labute approximate surface area is 138 Å². The molecule has 126 valence electrons. The first-order chi connectivity index (χ1) is 11.6. The Balaban J connectivity index is 1.61. The van der Waals surface area contributed by atoms with E-state index in [-0.39, 0.29) is 25.3 Å². The lowest BCUT2D eigenvalue weighted by Crippen LogP contribution is -2.46. The summed E-state index contributed by atoms with van der Waals surface area (Å²) in [5.74, 6) is -0.566. The Bertz CT molecular complexity index is 713. The third kappa shape index (κ3) is 3.99. The number of hydrogen-bond acceptors (Lipinski definition) is 5. The molecular weight excluding hydrogens is 312 g/mol. The lowest BCUT2D eigenvalue weighted by atomic mass is 10.2. The van der Waals surface area contributed by atoms with Gasteiger partial charge in [-0.05, 0) is 12.1 Å². The first-order valence-electron chi connectivity index (χ1n) is 7.73. The number of carbonyl (C=O) groups excluding carboxylic acids is 1. The summed E-state index contributed by atoms with van der Waals surface area (Å²) in [6.07, 6.45) is 1.04. The van der Waals surface area contributed by atoms with Crippen molar-refractivity contribution in [1.82, 2.24) is 9.88 Å². The van der Waals surface area contributed by atoms with E-state index in [9.17, 15) is 9.59 Å². The minimum absolute atomic E-state index is 0.105. The first-order valence-corrected chi connectivity index (χ1v) is 7.73. The molecule has 1 saturated heterocycles. The lowest BCUT2D eigenvalue weighted by Gasteiger charge is -2.32. The number of hydrogen-bond donors (Lipinski definition) is 1. The quantitative estimate of drug-likeness (QED) is 0.895. The van der Waals surface area contributed by atoms with E-state index in [1.165, 1.54) is 6.26 Å². The highest BCUT2D eigenvalue weighted by molar-refractivity contribution is 5.78. The standard InChI is InChI=1S/C17H18N2O5/c20-15(19-6-7-23-14(10-19)9-16(21)22)8-13-11-24-17(18-13)12-4-2-1-3-5-12/h1-5,11,14H,6-10H2,(H,21,22)/t14-/m1/s1. The van der Waals surface area contributed by atoms with Crippen LogP contribution in [-0.4, -0.2) is 52.7 Å². The van der Waals surface area contributed by atoms with Crippen molar-refractivity contribution >= 4 is 11.9 Å². The van der Waals surface area contributed by atoms with Crippen LogP contribution in [-0.2, 0) is 20.7 Å². The molecule has 1 amide bonds. The number of oxazole rings is 1. The Hall–Kier alpha value is -2.67. The van der Waals surface area contributed by atoms with Gasteiger partial charge in [0.25, 0.3) is 0 Å². The third-order valence-electron chi connectivity index (χ3n) is 3.80. The number of benzene rings is 1. The van der Waals surface area contributed by atoms with Gasteiger partial charge in [0, 0.05) is 18.7 Å². The molecule has 1 fully saturated rings. The van der Waals surface area contributed by atoms with Gasteiger partial charge < -0.3 is 19.2 Å². The number of morpholine rings is 1. The largest absolute Gasteiger partial charge is 0.481 e. The molecule has 2 aromatic rings. The Morgan fingerprint density at radius 2 is 2.08 bits per heavy atom. The number of aliphatic carboxylic acids is 1. The summed E-state index contributed by atoms with van der Waals surface area (Å²) >= 11 is 0. The fraction of sp³-hybridized carbons (Fsp3) is 0.353. The number of aromatic nitrogens is 1. The van der Waals surface area contributed by atoms with Crippen LogP contribution in [0.2, 0.25) is 0 Å². The molecule has 1 aromatic carbocycles. The summed E-state index contributed by atoms with van der Waals surface area (Å²) in [6.45, 7) is 1.09. The highest BCUT2D eigenvalue weighted by atomic mass is 16.5. The number of carboxylic acid groups (broad SMARTS) is 1. The zero-order valence-corrected chi connectivity index (χ0v) is 13.1. The molecule has 0 bridgehead atoms. The number of carbonyl (C=O) groups is 2. The summed E-state index contributed by atoms with van der Waals surface area (Å²) < 4.78 is 10.8. The van der Waals surface area contributed by atoms with Crippen LogP contribution in [0.15, 0.2) is 41.0 Å². The molecule has 1 atom stereocenters. The van der Waals surface area contributed by atoms with Gasteiger partial charge in [-0.25, -0.2) is 4.98 Å². The van der Waals surface area contributed by atoms with E-state index in [1.54, 1.807) is 4.90 Å². The van der Waals surface area contributed by atoms with E-state index in [1.807, 2.05) is 30.3 Å². The van der Waals surface area contributed by atoms with Gasteiger partial charge in [-0.15, -0.1) is 0 Å². The number of carboxylic acids is 1. The molecule has 0 aliphatic carbocycles. The monoisotopic (exact) mass is 330 g/mol. The zero-order valence-electron chi connectivity index (χ0n) is 13.1. The molecule has 0 radical (unpaired) electrons. The van der Waals surface area contributed by atoms with Gasteiger partial charge in [-0.1, -0.05) is 18.2 Å².